The number of hydrogen-bond donors (Lipinski definition) is 2. The molecule has 162 valence electrons. The number of allylic oxidation sites excluding steroid dienone is 1. The first-order valence-corrected chi connectivity index (χ1v) is 10.5. The lowest BCUT2D eigenvalue weighted by Gasteiger charge is -2.66. The molecule has 3 aliphatic carbocycles. The smallest absolute Gasteiger partial charge is 0.342 e. The van der Waals surface area contributed by atoms with Crippen molar-refractivity contribution in [3.8, 4) is 11.5 Å². The van der Waals surface area contributed by atoms with Gasteiger partial charge in [-0.1, -0.05) is 26.8 Å². The topological polar surface area (TPSA) is 93.1 Å². The lowest BCUT2D eigenvalue weighted by molar-refractivity contribution is -0.259. The minimum absolute atomic E-state index is 0.0139. The zero-order chi connectivity index (χ0) is 22.1. The molecule has 0 unspecified atom stereocenters. The summed E-state index contributed by atoms with van der Waals surface area (Å²) in [7, 11) is 1.57. The number of hydrogen-bond acceptors (Lipinski definition) is 6. The lowest BCUT2D eigenvalue weighted by Crippen LogP contribution is -2.73. The van der Waals surface area contributed by atoms with E-state index in [1.807, 2.05) is 6.08 Å². The molecule has 30 heavy (non-hydrogen) atoms. The van der Waals surface area contributed by atoms with Gasteiger partial charge >= 0.3 is 5.97 Å². The molecule has 0 bridgehead atoms. The first-order valence-electron chi connectivity index (χ1n) is 10.5. The fourth-order valence-electron chi connectivity index (χ4n) is 6.63. The SMILES string of the molecule is CO[C@]12C(C=O)=C[C@@H]3CC(C)(C)C[C@@H]3[C@@]1(C)C[C@H]2OC(=O)c1c(C)cc(O)cc1O. The van der Waals surface area contributed by atoms with Crippen LogP contribution in [0.1, 0.15) is 56.0 Å². The van der Waals surface area contributed by atoms with E-state index in [-0.39, 0.29) is 27.9 Å². The third-order valence-electron chi connectivity index (χ3n) is 7.83. The van der Waals surface area contributed by atoms with Gasteiger partial charge in [-0.2, -0.15) is 0 Å². The monoisotopic (exact) mass is 414 g/mol. The Labute approximate surface area is 176 Å². The molecule has 0 saturated heterocycles. The standard InChI is InChI=1S/C24H30O6/c1-13-6-16(26)8-18(27)20(13)21(28)30-19-11-23(4)17-10-22(2,3)9-14(17)7-15(12-25)24(19,23)29-5/h6-8,12,14,17,19,26-27H,9-11H2,1-5H3/t14-,17+,19-,23-,24+/m1/s1. The normalized spacial score (nSPS) is 36.2. The van der Waals surface area contributed by atoms with Crippen LogP contribution < -0.4 is 0 Å². The highest BCUT2D eigenvalue weighted by molar-refractivity contribution is 5.94. The van der Waals surface area contributed by atoms with Crippen LogP contribution in [0.3, 0.4) is 0 Å². The van der Waals surface area contributed by atoms with Crippen molar-refractivity contribution in [2.24, 2.45) is 22.7 Å². The van der Waals surface area contributed by atoms with Crippen molar-refractivity contribution in [2.75, 3.05) is 7.11 Å². The highest BCUT2D eigenvalue weighted by atomic mass is 16.6. The van der Waals surface area contributed by atoms with Crippen molar-refractivity contribution in [3.05, 3.63) is 34.9 Å². The molecular formula is C24H30O6. The summed E-state index contributed by atoms with van der Waals surface area (Å²) in [6, 6.07) is 2.51. The molecule has 1 aromatic rings. The van der Waals surface area contributed by atoms with Gasteiger partial charge in [-0.3, -0.25) is 4.79 Å². The van der Waals surface area contributed by atoms with Crippen LogP contribution in [0.4, 0.5) is 0 Å². The molecule has 0 radical (unpaired) electrons. The van der Waals surface area contributed by atoms with Gasteiger partial charge in [0.05, 0.1) is 0 Å². The van der Waals surface area contributed by atoms with Crippen LogP contribution in [0.25, 0.3) is 0 Å². The Balaban J connectivity index is 1.69. The van der Waals surface area contributed by atoms with Crippen LogP contribution >= 0.6 is 0 Å². The predicted molar refractivity (Wildman–Crippen MR) is 110 cm³/mol. The number of carbonyl (C=O) groups is 2. The van der Waals surface area contributed by atoms with Crippen LogP contribution in [-0.2, 0) is 14.3 Å². The summed E-state index contributed by atoms with van der Waals surface area (Å²) in [6.45, 7) is 8.27. The predicted octanol–water partition coefficient (Wildman–Crippen LogP) is 3.92. The lowest BCUT2D eigenvalue weighted by atomic mass is 9.44. The molecule has 4 rings (SSSR count). The van der Waals surface area contributed by atoms with Gasteiger partial charge in [0.15, 0.2) is 0 Å². The second-order valence-electron chi connectivity index (χ2n) is 10.2. The van der Waals surface area contributed by atoms with Gasteiger partial charge in [-0.05, 0) is 55.1 Å². The number of aromatic hydroxyl groups is 2. The number of fused-ring (bicyclic) bond motifs is 3. The fourth-order valence-corrected chi connectivity index (χ4v) is 6.63. The van der Waals surface area contributed by atoms with Gasteiger partial charge in [0.1, 0.15) is 35.1 Å². The number of phenolic OH excluding ortho intramolecular Hbond substituents is 2. The van der Waals surface area contributed by atoms with Crippen molar-refractivity contribution < 1.29 is 29.3 Å². The number of carbonyl (C=O) groups excluding carboxylic acids is 2. The second kappa shape index (κ2) is 6.58. The maximum atomic E-state index is 12.9. The summed E-state index contributed by atoms with van der Waals surface area (Å²) in [5.41, 5.74) is -0.154. The van der Waals surface area contributed by atoms with E-state index in [0.29, 0.717) is 29.4 Å². The van der Waals surface area contributed by atoms with Crippen LogP contribution in [0.2, 0.25) is 0 Å². The maximum absolute atomic E-state index is 12.9. The number of phenols is 2. The number of benzene rings is 1. The van der Waals surface area contributed by atoms with Crippen molar-refractivity contribution in [1.82, 2.24) is 0 Å². The zero-order valence-electron chi connectivity index (χ0n) is 18.2. The quantitative estimate of drug-likeness (QED) is 0.573. The molecule has 1 aromatic carbocycles. The van der Waals surface area contributed by atoms with Gasteiger partial charge in [-0.15, -0.1) is 0 Å². The number of aryl methyl sites for hydroxylation is 1. The molecule has 2 N–H and O–H groups in total. The van der Waals surface area contributed by atoms with E-state index in [1.165, 1.54) is 6.07 Å². The minimum atomic E-state index is -0.994. The number of rotatable bonds is 4. The fraction of sp³-hybridized carbons (Fsp3) is 0.583. The Morgan fingerprint density at radius 3 is 2.47 bits per heavy atom. The van der Waals surface area contributed by atoms with E-state index in [1.54, 1.807) is 14.0 Å². The third kappa shape index (κ3) is 2.66. The molecule has 6 heteroatoms. The van der Waals surface area contributed by atoms with Crippen molar-refractivity contribution in [1.29, 1.82) is 0 Å². The van der Waals surface area contributed by atoms with Gasteiger partial charge in [0.2, 0.25) is 0 Å². The van der Waals surface area contributed by atoms with Crippen LogP contribution in [-0.4, -0.2) is 41.3 Å². The van der Waals surface area contributed by atoms with Crippen molar-refractivity contribution >= 4 is 12.3 Å². The molecule has 0 aliphatic heterocycles. The number of methoxy groups -OCH3 is 1. The molecule has 6 nitrogen and oxygen atoms in total. The Bertz CT molecular complexity index is 924. The van der Waals surface area contributed by atoms with Crippen LogP contribution in [0.15, 0.2) is 23.8 Å². The Morgan fingerprint density at radius 2 is 1.87 bits per heavy atom. The molecule has 0 heterocycles. The van der Waals surface area contributed by atoms with E-state index in [0.717, 1.165) is 25.2 Å². The largest absolute Gasteiger partial charge is 0.508 e. The number of ether oxygens (including phenoxy) is 2. The van der Waals surface area contributed by atoms with Crippen LogP contribution in [0.5, 0.6) is 11.5 Å². The minimum Gasteiger partial charge on any atom is -0.508 e. The first-order chi connectivity index (χ1) is 14.0. The van der Waals surface area contributed by atoms with Gasteiger partial charge in [-0.25, -0.2) is 4.79 Å². The Morgan fingerprint density at radius 1 is 1.17 bits per heavy atom. The van der Waals surface area contributed by atoms with Crippen molar-refractivity contribution in [3.63, 3.8) is 0 Å². The summed E-state index contributed by atoms with van der Waals surface area (Å²) in [4.78, 5) is 25.0. The Hall–Kier alpha value is -2.34. The summed E-state index contributed by atoms with van der Waals surface area (Å²) < 4.78 is 11.8. The van der Waals surface area contributed by atoms with Gasteiger partial charge in [0, 0.05) is 24.2 Å². The molecule has 0 spiro atoms. The van der Waals surface area contributed by atoms with Gasteiger partial charge < -0.3 is 19.7 Å². The molecule has 2 saturated carbocycles. The average molecular weight is 414 g/mol. The molecular weight excluding hydrogens is 384 g/mol. The van der Waals surface area contributed by atoms with E-state index < -0.39 is 17.7 Å². The van der Waals surface area contributed by atoms with Crippen molar-refractivity contribution in [2.45, 2.75) is 58.7 Å². The number of esters is 1. The average Bonchev–Trinajstić information content (AvgIpc) is 2.94. The highest BCUT2D eigenvalue weighted by Crippen LogP contribution is 2.69. The van der Waals surface area contributed by atoms with E-state index in [4.69, 9.17) is 9.47 Å². The molecule has 2 fully saturated rings. The first kappa shape index (κ1) is 20.9. The molecule has 3 aliphatic rings. The molecule has 0 amide bonds. The van der Waals surface area contributed by atoms with Gasteiger partial charge in [0.25, 0.3) is 0 Å². The summed E-state index contributed by atoms with van der Waals surface area (Å²) >= 11 is 0. The third-order valence-corrected chi connectivity index (χ3v) is 7.83. The van der Waals surface area contributed by atoms with E-state index >= 15 is 0 Å². The molecule has 5 atom stereocenters. The number of aldehydes is 1. The second-order valence-corrected chi connectivity index (χ2v) is 10.2. The van der Waals surface area contributed by atoms with E-state index in [9.17, 15) is 19.8 Å². The Kier molecular flexibility index (Phi) is 4.59. The van der Waals surface area contributed by atoms with Crippen LogP contribution in [0, 0.1) is 29.6 Å². The zero-order valence-corrected chi connectivity index (χ0v) is 18.2. The summed E-state index contributed by atoms with van der Waals surface area (Å²) in [5.74, 6) is -0.492. The maximum Gasteiger partial charge on any atom is 0.342 e. The van der Waals surface area contributed by atoms with E-state index in [2.05, 4.69) is 20.8 Å². The summed E-state index contributed by atoms with van der Waals surface area (Å²) in [6.07, 6.45) is 4.88. The molecule has 0 aromatic heterocycles. The summed E-state index contributed by atoms with van der Waals surface area (Å²) in [5, 5.41) is 19.8. The highest BCUT2D eigenvalue weighted by Gasteiger charge is 2.73.